The smallest absolute Gasteiger partial charge is 0.268 e. The molecule has 1 amide bonds. The Labute approximate surface area is 214 Å². The molecule has 0 saturated heterocycles. The molecule has 0 radical (unpaired) electrons. The van der Waals surface area contributed by atoms with E-state index in [0.29, 0.717) is 5.02 Å². The molecule has 1 N–H and O–H groups in total. The van der Waals surface area contributed by atoms with Crippen molar-refractivity contribution in [1.29, 1.82) is 0 Å². The second-order valence-corrected chi connectivity index (χ2v) is 11.1. The molecule has 34 heavy (non-hydrogen) atoms. The number of carbonyl (C=O) groups is 1. The summed E-state index contributed by atoms with van der Waals surface area (Å²) in [5.74, 6) is -0.268. The van der Waals surface area contributed by atoms with Crippen molar-refractivity contribution in [3.05, 3.63) is 86.8 Å². The number of hydrogen-bond donors (Lipinski definition) is 1. The van der Waals surface area contributed by atoms with E-state index in [4.69, 9.17) is 16.3 Å². The zero-order valence-corrected chi connectivity index (χ0v) is 22.5. The van der Waals surface area contributed by atoms with Gasteiger partial charge in [0.15, 0.2) is 0 Å². The van der Waals surface area contributed by atoms with E-state index in [1.165, 1.54) is 13.2 Å². The average molecular weight is 566 g/mol. The normalized spacial score (nSPS) is 12.2. The lowest BCUT2D eigenvalue weighted by molar-refractivity contribution is -0.120. The molecule has 0 fully saturated rings. The van der Waals surface area contributed by atoms with Gasteiger partial charge in [0.05, 0.1) is 18.8 Å². The second-order valence-electron chi connectivity index (χ2n) is 7.94. The molecule has 0 aliphatic carbocycles. The lowest BCUT2D eigenvalue weighted by atomic mass is 10.1. The quantitative estimate of drug-likeness (QED) is 0.375. The molecule has 9 heteroatoms. The third-order valence-electron chi connectivity index (χ3n) is 5.34. The van der Waals surface area contributed by atoms with E-state index in [9.17, 15) is 13.2 Å². The number of benzene rings is 3. The molecule has 6 nitrogen and oxygen atoms in total. The van der Waals surface area contributed by atoms with Crippen LogP contribution in [0, 0.1) is 13.8 Å². The SMILES string of the molecule is COc1ccc(C)cc1S(=O)(=O)N(CC(=O)N[C@@H](C)c1cccc(Br)c1)c1ccc(C)c(Cl)c1. The Kier molecular flexibility index (Phi) is 8.28. The van der Waals surface area contributed by atoms with Gasteiger partial charge in [-0.15, -0.1) is 0 Å². The highest BCUT2D eigenvalue weighted by atomic mass is 79.9. The number of anilines is 1. The van der Waals surface area contributed by atoms with Gasteiger partial charge in [0.2, 0.25) is 5.91 Å². The Morgan fingerprint density at radius 1 is 1.12 bits per heavy atom. The van der Waals surface area contributed by atoms with Crippen LogP contribution in [-0.4, -0.2) is 28.0 Å². The number of methoxy groups -OCH3 is 1. The number of ether oxygens (including phenoxy) is 1. The van der Waals surface area contributed by atoms with Crippen LogP contribution < -0.4 is 14.4 Å². The van der Waals surface area contributed by atoms with Gasteiger partial charge in [0.1, 0.15) is 17.2 Å². The Morgan fingerprint density at radius 2 is 1.85 bits per heavy atom. The summed E-state index contributed by atoms with van der Waals surface area (Å²) >= 11 is 9.73. The minimum absolute atomic E-state index is 0.0282. The van der Waals surface area contributed by atoms with Crippen molar-refractivity contribution in [1.82, 2.24) is 5.32 Å². The summed E-state index contributed by atoms with van der Waals surface area (Å²) in [6.07, 6.45) is 0. The number of carbonyl (C=O) groups excluding carboxylic acids is 1. The van der Waals surface area contributed by atoms with Crippen LogP contribution in [-0.2, 0) is 14.8 Å². The van der Waals surface area contributed by atoms with E-state index in [1.54, 1.807) is 37.3 Å². The van der Waals surface area contributed by atoms with Crippen LogP contribution in [0.25, 0.3) is 0 Å². The van der Waals surface area contributed by atoms with Crippen molar-refractivity contribution >= 4 is 49.1 Å². The number of halogens is 2. The number of amides is 1. The molecule has 0 spiro atoms. The molecule has 0 aromatic heterocycles. The molecule has 0 aliphatic heterocycles. The monoisotopic (exact) mass is 564 g/mol. The van der Waals surface area contributed by atoms with E-state index < -0.39 is 22.5 Å². The van der Waals surface area contributed by atoms with Crippen molar-refractivity contribution in [2.24, 2.45) is 0 Å². The molecule has 0 saturated carbocycles. The van der Waals surface area contributed by atoms with Crippen LogP contribution >= 0.6 is 27.5 Å². The fourth-order valence-corrected chi connectivity index (χ4v) is 5.68. The van der Waals surface area contributed by atoms with Gasteiger partial charge in [-0.05, 0) is 73.9 Å². The van der Waals surface area contributed by atoms with E-state index in [2.05, 4.69) is 21.2 Å². The first-order valence-electron chi connectivity index (χ1n) is 10.5. The molecular weight excluding hydrogens is 540 g/mol. The van der Waals surface area contributed by atoms with Gasteiger partial charge >= 0.3 is 0 Å². The van der Waals surface area contributed by atoms with Crippen LogP contribution in [0.1, 0.15) is 29.7 Å². The van der Waals surface area contributed by atoms with Gasteiger partial charge in [-0.2, -0.15) is 0 Å². The number of aryl methyl sites for hydroxylation is 2. The maximum atomic E-state index is 13.8. The lowest BCUT2D eigenvalue weighted by Gasteiger charge is -2.26. The third-order valence-corrected chi connectivity index (χ3v) is 8.04. The molecule has 180 valence electrons. The highest BCUT2D eigenvalue weighted by Gasteiger charge is 2.31. The van der Waals surface area contributed by atoms with Crippen molar-refractivity contribution in [2.75, 3.05) is 18.0 Å². The summed E-state index contributed by atoms with van der Waals surface area (Å²) in [6.45, 7) is 5.01. The number of nitrogens with one attached hydrogen (secondary N) is 1. The zero-order chi connectivity index (χ0) is 25.0. The maximum absolute atomic E-state index is 13.8. The standard InChI is InChI=1S/C25H26BrClN2O4S/c1-16-8-11-23(33-4)24(12-16)34(31,32)29(21-10-9-17(2)22(27)14-21)15-25(30)28-18(3)19-6-5-7-20(26)13-19/h5-14,18H,15H2,1-4H3,(H,28,30)/t18-/m0/s1. The van der Waals surface area contributed by atoms with Crippen LogP contribution in [0.2, 0.25) is 5.02 Å². The van der Waals surface area contributed by atoms with Gasteiger partial charge in [-0.3, -0.25) is 9.10 Å². The zero-order valence-electron chi connectivity index (χ0n) is 19.3. The summed E-state index contributed by atoms with van der Waals surface area (Å²) in [5, 5.41) is 3.28. The minimum atomic E-state index is -4.17. The Bertz CT molecular complexity index is 1310. The first-order valence-corrected chi connectivity index (χ1v) is 13.1. The molecule has 0 aliphatic rings. The number of nitrogens with zero attached hydrogens (tertiary/aromatic N) is 1. The molecule has 0 heterocycles. The summed E-state index contributed by atoms with van der Waals surface area (Å²) < 4.78 is 34.9. The molecule has 3 aromatic rings. The predicted molar refractivity (Wildman–Crippen MR) is 139 cm³/mol. The van der Waals surface area contributed by atoms with Gasteiger partial charge in [-0.1, -0.05) is 51.8 Å². The molecule has 0 bridgehead atoms. The number of hydrogen-bond acceptors (Lipinski definition) is 4. The Balaban J connectivity index is 2.00. The fraction of sp³-hybridized carbons (Fsp3) is 0.240. The fourth-order valence-electron chi connectivity index (χ4n) is 3.43. The molecule has 3 rings (SSSR count). The topological polar surface area (TPSA) is 75.7 Å². The highest BCUT2D eigenvalue weighted by molar-refractivity contribution is 9.10. The van der Waals surface area contributed by atoms with Crippen molar-refractivity contribution < 1.29 is 17.9 Å². The predicted octanol–water partition coefficient (Wildman–Crippen LogP) is 5.80. The van der Waals surface area contributed by atoms with E-state index in [0.717, 1.165) is 25.5 Å². The van der Waals surface area contributed by atoms with Gasteiger partial charge in [0.25, 0.3) is 10.0 Å². The van der Waals surface area contributed by atoms with Crippen LogP contribution in [0.4, 0.5) is 5.69 Å². The average Bonchev–Trinajstić information content (AvgIpc) is 2.79. The summed E-state index contributed by atoms with van der Waals surface area (Å²) in [6, 6.07) is 17.0. The van der Waals surface area contributed by atoms with E-state index in [1.807, 2.05) is 38.1 Å². The first kappa shape index (κ1) is 26.1. The second kappa shape index (κ2) is 10.8. The van der Waals surface area contributed by atoms with Crippen molar-refractivity contribution in [3.8, 4) is 5.75 Å². The van der Waals surface area contributed by atoms with Gasteiger partial charge < -0.3 is 10.1 Å². The van der Waals surface area contributed by atoms with Gasteiger partial charge in [-0.25, -0.2) is 8.42 Å². The molecular formula is C25H26BrClN2O4S. The summed E-state index contributed by atoms with van der Waals surface area (Å²) in [4.78, 5) is 13.0. The van der Waals surface area contributed by atoms with Crippen molar-refractivity contribution in [2.45, 2.75) is 31.7 Å². The first-order chi connectivity index (χ1) is 16.0. The number of rotatable bonds is 8. The molecule has 3 aromatic carbocycles. The largest absolute Gasteiger partial charge is 0.495 e. The van der Waals surface area contributed by atoms with Crippen molar-refractivity contribution in [3.63, 3.8) is 0 Å². The summed E-state index contributed by atoms with van der Waals surface area (Å²) in [5.41, 5.74) is 2.71. The van der Waals surface area contributed by atoms with Gasteiger partial charge in [0, 0.05) is 9.50 Å². The minimum Gasteiger partial charge on any atom is -0.495 e. The third kappa shape index (κ3) is 5.92. The van der Waals surface area contributed by atoms with Crippen LogP contribution in [0.5, 0.6) is 5.75 Å². The summed E-state index contributed by atoms with van der Waals surface area (Å²) in [7, 11) is -2.76. The van der Waals surface area contributed by atoms with Crippen LogP contribution in [0.15, 0.2) is 70.0 Å². The van der Waals surface area contributed by atoms with E-state index >= 15 is 0 Å². The Morgan fingerprint density at radius 3 is 2.50 bits per heavy atom. The molecule has 0 unspecified atom stereocenters. The Hall–Kier alpha value is -2.55. The van der Waals surface area contributed by atoms with E-state index in [-0.39, 0.29) is 22.4 Å². The maximum Gasteiger partial charge on any atom is 0.268 e. The lowest BCUT2D eigenvalue weighted by Crippen LogP contribution is -2.41. The molecule has 1 atom stereocenters. The number of sulfonamides is 1. The van der Waals surface area contributed by atoms with Crippen LogP contribution in [0.3, 0.4) is 0 Å². The highest BCUT2D eigenvalue weighted by Crippen LogP contribution is 2.32.